The highest BCUT2D eigenvalue weighted by Crippen LogP contribution is 2.28. The molecule has 0 aliphatic rings. The number of hydrogen-bond acceptors (Lipinski definition) is 2. The quantitative estimate of drug-likeness (QED) is 0.787. The molecule has 3 aromatic rings. The molecule has 1 aromatic heterocycles. The second-order valence-electron chi connectivity index (χ2n) is 5.12. The molecule has 0 atom stereocenters. The molecule has 5 heteroatoms. The van der Waals surface area contributed by atoms with Gasteiger partial charge in [0.15, 0.2) is 5.75 Å². The topological polar surface area (TPSA) is 42.2 Å². The van der Waals surface area contributed by atoms with Gasteiger partial charge in [-0.25, -0.2) is 4.39 Å². The minimum Gasteiger partial charge on any atom is -0.503 e. The van der Waals surface area contributed by atoms with Gasteiger partial charge in [-0.1, -0.05) is 48.0 Å². The van der Waals surface area contributed by atoms with E-state index in [1.54, 1.807) is 42.6 Å². The number of rotatable bonds is 3. The Balaban J connectivity index is 2.10. The van der Waals surface area contributed by atoms with Crippen LogP contribution in [0.25, 0.3) is 11.1 Å². The van der Waals surface area contributed by atoms with Gasteiger partial charge >= 0.3 is 0 Å². The predicted octanol–water partition coefficient (Wildman–Crippen LogP) is 4.06. The van der Waals surface area contributed by atoms with Crippen LogP contribution in [0.3, 0.4) is 0 Å². The zero-order chi connectivity index (χ0) is 16.4. The van der Waals surface area contributed by atoms with E-state index in [4.69, 9.17) is 11.6 Å². The van der Waals surface area contributed by atoms with Crippen LogP contribution in [0.4, 0.5) is 4.39 Å². The number of pyridine rings is 1. The Morgan fingerprint density at radius 3 is 2.52 bits per heavy atom. The minimum absolute atomic E-state index is 0.0252. The molecule has 3 rings (SSSR count). The lowest BCUT2D eigenvalue weighted by Gasteiger charge is -2.11. The standard InChI is InChI=1S/C18H13ClFNO2/c19-15-7-3-2-6-14(15)13-9-17(22)18(23)21(11-13)10-12-5-1-4-8-16(12)20/h1-9,11,22H,10H2. The van der Waals surface area contributed by atoms with Gasteiger partial charge in [-0.3, -0.25) is 4.79 Å². The molecule has 0 aliphatic carbocycles. The Bertz CT molecular complexity index is 921. The van der Waals surface area contributed by atoms with Crippen LogP contribution < -0.4 is 5.56 Å². The summed E-state index contributed by atoms with van der Waals surface area (Å²) in [5.74, 6) is -0.805. The summed E-state index contributed by atoms with van der Waals surface area (Å²) in [5, 5.41) is 10.4. The summed E-state index contributed by atoms with van der Waals surface area (Å²) in [6, 6.07) is 14.7. The molecular weight excluding hydrogens is 317 g/mol. The number of nitrogens with zero attached hydrogens (tertiary/aromatic N) is 1. The summed E-state index contributed by atoms with van der Waals surface area (Å²) in [6.07, 6.45) is 1.57. The van der Waals surface area contributed by atoms with Crippen molar-refractivity contribution in [2.75, 3.05) is 0 Å². The maximum absolute atomic E-state index is 13.8. The third-order valence-corrected chi connectivity index (χ3v) is 3.88. The van der Waals surface area contributed by atoms with Crippen LogP contribution in [0, 0.1) is 5.82 Å². The van der Waals surface area contributed by atoms with E-state index in [9.17, 15) is 14.3 Å². The van der Waals surface area contributed by atoms with Gasteiger partial charge in [0.25, 0.3) is 5.56 Å². The molecule has 0 radical (unpaired) electrons. The molecule has 0 spiro atoms. The summed E-state index contributed by atoms with van der Waals surface area (Å²) in [5.41, 5.74) is 1.06. The van der Waals surface area contributed by atoms with Crippen molar-refractivity contribution >= 4 is 11.6 Å². The van der Waals surface area contributed by atoms with E-state index in [0.717, 1.165) is 0 Å². The fraction of sp³-hybridized carbons (Fsp3) is 0.0556. The van der Waals surface area contributed by atoms with Gasteiger partial charge in [0.1, 0.15) is 5.82 Å². The van der Waals surface area contributed by atoms with Crippen molar-refractivity contribution in [1.29, 1.82) is 0 Å². The number of aromatic nitrogens is 1. The SMILES string of the molecule is O=c1c(O)cc(-c2ccccc2Cl)cn1Cc1ccccc1F. The molecule has 0 aliphatic heterocycles. The first-order valence-electron chi connectivity index (χ1n) is 6.98. The minimum atomic E-state index is -0.580. The Hall–Kier alpha value is -2.59. The van der Waals surface area contributed by atoms with Crippen LogP contribution in [0.15, 0.2) is 65.6 Å². The van der Waals surface area contributed by atoms with Gasteiger partial charge < -0.3 is 9.67 Å². The van der Waals surface area contributed by atoms with Crippen molar-refractivity contribution in [1.82, 2.24) is 4.57 Å². The van der Waals surface area contributed by atoms with Gasteiger partial charge in [-0.15, -0.1) is 0 Å². The second kappa shape index (κ2) is 6.26. The van der Waals surface area contributed by atoms with Crippen LogP contribution in [-0.4, -0.2) is 9.67 Å². The number of benzene rings is 2. The molecule has 23 heavy (non-hydrogen) atoms. The van der Waals surface area contributed by atoms with E-state index in [-0.39, 0.29) is 6.54 Å². The lowest BCUT2D eigenvalue weighted by Crippen LogP contribution is -2.20. The Kier molecular flexibility index (Phi) is 4.17. The fourth-order valence-electron chi connectivity index (χ4n) is 2.39. The summed E-state index contributed by atoms with van der Waals surface area (Å²) in [7, 11) is 0. The van der Waals surface area contributed by atoms with Crippen LogP contribution in [-0.2, 0) is 6.54 Å². The Morgan fingerprint density at radius 2 is 1.78 bits per heavy atom. The summed E-state index contributed by atoms with van der Waals surface area (Å²) in [4.78, 5) is 12.1. The van der Waals surface area contributed by atoms with Crippen molar-refractivity contribution in [3.05, 3.63) is 87.6 Å². The molecule has 0 saturated heterocycles. The molecule has 1 N–H and O–H groups in total. The predicted molar refractivity (Wildman–Crippen MR) is 88.3 cm³/mol. The Morgan fingerprint density at radius 1 is 1.09 bits per heavy atom. The molecule has 116 valence electrons. The highest BCUT2D eigenvalue weighted by molar-refractivity contribution is 6.33. The third-order valence-electron chi connectivity index (χ3n) is 3.55. The number of halogens is 2. The van der Waals surface area contributed by atoms with E-state index in [0.29, 0.717) is 21.7 Å². The molecule has 0 amide bonds. The second-order valence-corrected chi connectivity index (χ2v) is 5.53. The number of hydrogen-bond donors (Lipinski definition) is 1. The van der Waals surface area contributed by atoms with Gasteiger partial charge in [0.05, 0.1) is 6.54 Å². The van der Waals surface area contributed by atoms with Crippen molar-refractivity contribution in [3.63, 3.8) is 0 Å². The molecule has 3 nitrogen and oxygen atoms in total. The first-order chi connectivity index (χ1) is 11.1. The molecule has 1 heterocycles. The lowest BCUT2D eigenvalue weighted by molar-refractivity contribution is 0.459. The van der Waals surface area contributed by atoms with Crippen LogP contribution >= 0.6 is 11.6 Å². The number of aromatic hydroxyl groups is 1. The van der Waals surface area contributed by atoms with Gasteiger partial charge in [-0.05, 0) is 18.2 Å². The summed E-state index contributed by atoms with van der Waals surface area (Å²) in [6.45, 7) is 0.0252. The highest BCUT2D eigenvalue weighted by atomic mass is 35.5. The first-order valence-corrected chi connectivity index (χ1v) is 7.36. The third kappa shape index (κ3) is 3.12. The fourth-order valence-corrected chi connectivity index (χ4v) is 2.63. The molecule has 2 aromatic carbocycles. The monoisotopic (exact) mass is 329 g/mol. The van der Waals surface area contributed by atoms with Gasteiger partial charge in [0.2, 0.25) is 0 Å². The zero-order valence-corrected chi connectivity index (χ0v) is 12.8. The Labute approximate surface area is 137 Å². The van der Waals surface area contributed by atoms with Crippen molar-refractivity contribution in [3.8, 4) is 16.9 Å². The highest BCUT2D eigenvalue weighted by Gasteiger charge is 2.11. The zero-order valence-electron chi connectivity index (χ0n) is 12.0. The average molecular weight is 330 g/mol. The van der Waals surface area contributed by atoms with E-state index < -0.39 is 17.1 Å². The molecule has 0 unspecified atom stereocenters. The molecule has 0 fully saturated rings. The molecular formula is C18H13ClFNO2. The smallest absolute Gasteiger partial charge is 0.292 e. The van der Waals surface area contributed by atoms with Crippen molar-refractivity contribution in [2.24, 2.45) is 0 Å². The van der Waals surface area contributed by atoms with Crippen LogP contribution in [0.2, 0.25) is 5.02 Å². The lowest BCUT2D eigenvalue weighted by atomic mass is 10.1. The average Bonchev–Trinajstić information content (AvgIpc) is 2.54. The van der Waals surface area contributed by atoms with Crippen molar-refractivity contribution < 1.29 is 9.50 Å². The molecule has 0 saturated carbocycles. The summed E-state index contributed by atoms with van der Waals surface area (Å²) >= 11 is 6.16. The maximum Gasteiger partial charge on any atom is 0.292 e. The van der Waals surface area contributed by atoms with Crippen LogP contribution in [0.5, 0.6) is 5.75 Å². The normalized spacial score (nSPS) is 10.7. The van der Waals surface area contributed by atoms with E-state index in [2.05, 4.69) is 0 Å². The van der Waals surface area contributed by atoms with Gasteiger partial charge in [0, 0.05) is 27.9 Å². The largest absolute Gasteiger partial charge is 0.503 e. The van der Waals surface area contributed by atoms with Crippen LogP contribution in [0.1, 0.15) is 5.56 Å². The van der Waals surface area contributed by atoms with E-state index >= 15 is 0 Å². The first kappa shape index (κ1) is 15.3. The molecule has 0 bridgehead atoms. The maximum atomic E-state index is 13.8. The van der Waals surface area contributed by atoms with Crippen molar-refractivity contribution in [2.45, 2.75) is 6.54 Å². The summed E-state index contributed by atoms with van der Waals surface area (Å²) < 4.78 is 15.1. The van der Waals surface area contributed by atoms with Gasteiger partial charge in [-0.2, -0.15) is 0 Å². The van der Waals surface area contributed by atoms with E-state index in [1.165, 1.54) is 16.7 Å². The van der Waals surface area contributed by atoms with E-state index in [1.807, 2.05) is 6.07 Å².